The van der Waals surface area contributed by atoms with Gasteiger partial charge < -0.3 is 4.74 Å². The predicted molar refractivity (Wildman–Crippen MR) is 84.0 cm³/mol. The number of ether oxygens (including phenoxy) is 1. The van der Waals surface area contributed by atoms with Gasteiger partial charge >= 0.3 is 5.97 Å². The topological polar surface area (TPSA) is 63.9 Å². The van der Waals surface area contributed by atoms with Gasteiger partial charge in [-0.05, 0) is 26.3 Å². The minimum atomic E-state index is -0.117. The fraction of sp³-hybridized carbons (Fsp3) is 0.533. The van der Waals surface area contributed by atoms with E-state index in [-0.39, 0.29) is 17.4 Å². The van der Waals surface area contributed by atoms with E-state index >= 15 is 0 Å². The molecule has 1 aliphatic heterocycles. The van der Waals surface area contributed by atoms with Gasteiger partial charge in [-0.3, -0.25) is 18.9 Å². The van der Waals surface area contributed by atoms with Crippen molar-refractivity contribution < 1.29 is 9.53 Å². The number of rotatable bonds is 4. The summed E-state index contributed by atoms with van der Waals surface area (Å²) < 4.78 is 6.66. The molecule has 7 heteroatoms. The third-order valence-electron chi connectivity index (χ3n) is 3.87. The summed E-state index contributed by atoms with van der Waals surface area (Å²) in [7, 11) is 0. The molecule has 0 aliphatic carbocycles. The molecule has 1 saturated heterocycles. The average molecular weight is 321 g/mol. The van der Waals surface area contributed by atoms with E-state index in [0.717, 1.165) is 25.1 Å². The van der Waals surface area contributed by atoms with E-state index in [2.05, 4.69) is 9.88 Å². The van der Waals surface area contributed by atoms with E-state index in [9.17, 15) is 9.59 Å². The predicted octanol–water partition coefficient (Wildman–Crippen LogP) is 1.53. The summed E-state index contributed by atoms with van der Waals surface area (Å²) in [6.45, 7) is 4.43. The molecule has 0 bridgehead atoms. The molecule has 6 nitrogen and oxygen atoms in total. The van der Waals surface area contributed by atoms with Crippen molar-refractivity contribution in [2.75, 3.05) is 19.7 Å². The van der Waals surface area contributed by atoms with Crippen molar-refractivity contribution in [2.45, 2.75) is 26.3 Å². The van der Waals surface area contributed by atoms with Crippen molar-refractivity contribution in [3.8, 4) is 0 Å². The molecule has 1 atom stereocenters. The monoisotopic (exact) mass is 321 g/mol. The highest BCUT2D eigenvalue weighted by atomic mass is 32.1. The highest BCUT2D eigenvalue weighted by Crippen LogP contribution is 2.19. The van der Waals surface area contributed by atoms with Crippen LogP contribution in [0.4, 0.5) is 0 Å². The Bertz CT molecular complexity index is 724. The van der Waals surface area contributed by atoms with Crippen LogP contribution in [0.25, 0.3) is 4.96 Å². The Morgan fingerprint density at radius 2 is 2.41 bits per heavy atom. The second-order valence-corrected chi connectivity index (χ2v) is 6.34. The second kappa shape index (κ2) is 6.58. The summed E-state index contributed by atoms with van der Waals surface area (Å²) in [6.07, 6.45) is 3.57. The normalized spacial score (nSPS) is 19.4. The Morgan fingerprint density at radius 1 is 1.55 bits per heavy atom. The molecule has 0 spiro atoms. The van der Waals surface area contributed by atoms with Crippen LogP contribution in [-0.4, -0.2) is 40.0 Å². The Kier molecular flexibility index (Phi) is 4.54. The Hall–Kier alpha value is -1.73. The fourth-order valence-electron chi connectivity index (χ4n) is 2.85. The number of thiazole rings is 1. The van der Waals surface area contributed by atoms with Crippen molar-refractivity contribution in [3.05, 3.63) is 33.7 Å². The van der Waals surface area contributed by atoms with Crippen molar-refractivity contribution in [3.63, 3.8) is 0 Å². The summed E-state index contributed by atoms with van der Waals surface area (Å²) in [5.74, 6) is -0.186. The van der Waals surface area contributed by atoms with Crippen LogP contribution in [0, 0.1) is 5.92 Å². The van der Waals surface area contributed by atoms with Crippen molar-refractivity contribution in [2.24, 2.45) is 5.92 Å². The standard InChI is InChI=1S/C15H19N3O3S/c1-2-21-14(20)11-4-3-5-17(9-11)10-12-8-13(19)18-6-7-22-15(18)16-12/h6-8,11H,2-5,9-10H2,1H3. The molecule has 3 rings (SSSR count). The number of piperidine rings is 1. The minimum Gasteiger partial charge on any atom is -0.466 e. The largest absolute Gasteiger partial charge is 0.466 e. The summed E-state index contributed by atoms with van der Waals surface area (Å²) in [6, 6.07) is 1.58. The van der Waals surface area contributed by atoms with Crippen LogP contribution in [-0.2, 0) is 16.1 Å². The van der Waals surface area contributed by atoms with Crippen molar-refractivity contribution in [1.29, 1.82) is 0 Å². The molecule has 0 aromatic carbocycles. The molecule has 0 radical (unpaired) electrons. The minimum absolute atomic E-state index is 0.0554. The Balaban J connectivity index is 1.71. The zero-order chi connectivity index (χ0) is 15.5. The van der Waals surface area contributed by atoms with E-state index in [1.807, 2.05) is 12.3 Å². The lowest BCUT2D eigenvalue weighted by Gasteiger charge is -2.31. The van der Waals surface area contributed by atoms with Crippen LogP contribution in [0.2, 0.25) is 0 Å². The second-order valence-electron chi connectivity index (χ2n) is 5.47. The van der Waals surface area contributed by atoms with Crippen LogP contribution in [0.3, 0.4) is 0 Å². The molecule has 1 aliphatic rings. The molecule has 1 unspecified atom stereocenters. The number of hydrogen-bond donors (Lipinski definition) is 0. The first-order valence-corrected chi connectivity index (χ1v) is 8.40. The Labute approximate surface area is 132 Å². The number of esters is 1. The van der Waals surface area contributed by atoms with Gasteiger partial charge in [0.2, 0.25) is 0 Å². The number of hydrogen-bond acceptors (Lipinski definition) is 6. The smallest absolute Gasteiger partial charge is 0.310 e. The quantitative estimate of drug-likeness (QED) is 0.799. The van der Waals surface area contributed by atoms with Gasteiger partial charge in [0.25, 0.3) is 5.56 Å². The van der Waals surface area contributed by atoms with Gasteiger partial charge in [-0.25, -0.2) is 4.98 Å². The van der Waals surface area contributed by atoms with Crippen molar-refractivity contribution in [1.82, 2.24) is 14.3 Å². The average Bonchev–Trinajstić information content (AvgIpc) is 2.97. The van der Waals surface area contributed by atoms with E-state index in [4.69, 9.17) is 4.74 Å². The lowest BCUT2D eigenvalue weighted by molar-refractivity contribution is -0.150. The molecule has 0 N–H and O–H groups in total. The van der Waals surface area contributed by atoms with Gasteiger partial charge in [0.15, 0.2) is 4.96 Å². The lowest BCUT2D eigenvalue weighted by atomic mass is 9.98. The lowest BCUT2D eigenvalue weighted by Crippen LogP contribution is -2.39. The first-order valence-electron chi connectivity index (χ1n) is 7.52. The number of aromatic nitrogens is 2. The Morgan fingerprint density at radius 3 is 3.23 bits per heavy atom. The molecule has 0 saturated carbocycles. The van der Waals surface area contributed by atoms with Gasteiger partial charge in [-0.1, -0.05) is 0 Å². The molecule has 118 valence electrons. The molecule has 0 amide bonds. The number of likely N-dealkylation sites (tertiary alicyclic amines) is 1. The fourth-order valence-corrected chi connectivity index (χ4v) is 3.59. The van der Waals surface area contributed by atoms with Crippen LogP contribution in [0.5, 0.6) is 0 Å². The number of nitrogens with zero attached hydrogens (tertiary/aromatic N) is 3. The molecule has 22 heavy (non-hydrogen) atoms. The third kappa shape index (κ3) is 3.20. The van der Waals surface area contributed by atoms with Gasteiger partial charge in [-0.15, -0.1) is 11.3 Å². The molecular weight excluding hydrogens is 302 g/mol. The zero-order valence-corrected chi connectivity index (χ0v) is 13.3. The first-order chi connectivity index (χ1) is 10.7. The highest BCUT2D eigenvalue weighted by Gasteiger charge is 2.27. The molecule has 3 heterocycles. The van der Waals surface area contributed by atoms with Gasteiger partial charge in [0.1, 0.15) is 0 Å². The maximum atomic E-state index is 12.0. The molecule has 2 aromatic rings. The summed E-state index contributed by atoms with van der Waals surface area (Å²) in [4.78, 5) is 31.3. The summed E-state index contributed by atoms with van der Waals surface area (Å²) in [5.41, 5.74) is 0.706. The van der Waals surface area contributed by atoms with Gasteiger partial charge in [0, 0.05) is 30.7 Å². The third-order valence-corrected chi connectivity index (χ3v) is 4.62. The zero-order valence-electron chi connectivity index (χ0n) is 12.5. The van der Waals surface area contributed by atoms with Crippen molar-refractivity contribution >= 4 is 22.3 Å². The highest BCUT2D eigenvalue weighted by molar-refractivity contribution is 7.15. The van der Waals surface area contributed by atoms with Crippen LogP contribution >= 0.6 is 11.3 Å². The van der Waals surface area contributed by atoms with Crippen LogP contribution in [0.1, 0.15) is 25.5 Å². The van der Waals surface area contributed by atoms with E-state index in [1.54, 1.807) is 16.7 Å². The maximum absolute atomic E-state index is 12.0. The number of carbonyl (C=O) groups excluding carboxylic acids is 1. The molecular formula is C15H19N3O3S. The summed E-state index contributed by atoms with van der Waals surface area (Å²) in [5, 5.41) is 1.85. The molecule has 1 fully saturated rings. The van der Waals surface area contributed by atoms with E-state index in [1.165, 1.54) is 11.3 Å². The number of fused-ring (bicyclic) bond motifs is 1. The van der Waals surface area contributed by atoms with Gasteiger partial charge in [-0.2, -0.15) is 0 Å². The molecule has 2 aromatic heterocycles. The van der Waals surface area contributed by atoms with E-state index < -0.39 is 0 Å². The van der Waals surface area contributed by atoms with Crippen LogP contribution < -0.4 is 5.56 Å². The van der Waals surface area contributed by atoms with Crippen LogP contribution in [0.15, 0.2) is 22.4 Å². The number of carbonyl (C=O) groups is 1. The SMILES string of the molecule is CCOC(=O)C1CCCN(Cc2cc(=O)n3ccsc3n2)C1. The maximum Gasteiger partial charge on any atom is 0.310 e. The van der Waals surface area contributed by atoms with E-state index in [0.29, 0.717) is 24.7 Å². The summed E-state index contributed by atoms with van der Waals surface area (Å²) >= 11 is 1.45. The van der Waals surface area contributed by atoms with Gasteiger partial charge in [0.05, 0.1) is 18.2 Å². The first kappa shape index (κ1) is 15.2.